The molecule has 0 unspecified atom stereocenters. The monoisotopic (exact) mass is 543 g/mol. The summed E-state index contributed by atoms with van der Waals surface area (Å²) in [5, 5.41) is 11.5. The lowest BCUT2D eigenvalue weighted by atomic mass is 9.47. The lowest BCUT2D eigenvalue weighted by molar-refractivity contribution is -0.138. The van der Waals surface area contributed by atoms with Gasteiger partial charge in [-0.05, 0) is 104 Å². The van der Waals surface area contributed by atoms with Crippen LogP contribution in [0.5, 0.6) is 0 Å². The zero-order chi connectivity index (χ0) is 28.2. The Bertz CT molecular complexity index is 882. The smallest absolute Gasteiger partial charge is 0.303 e. The average molecular weight is 544 g/mol. The predicted molar refractivity (Wildman–Crippen MR) is 157 cm³/mol. The topological polar surface area (TPSA) is 75.6 Å². The highest BCUT2D eigenvalue weighted by atomic mass is 16.5. The van der Waals surface area contributed by atoms with Gasteiger partial charge in [0.15, 0.2) is 0 Å². The van der Waals surface area contributed by atoms with Crippen molar-refractivity contribution in [1.29, 1.82) is 0 Å². The lowest BCUT2D eigenvalue weighted by Gasteiger charge is -2.58. The molecular weight excluding hydrogens is 486 g/mol. The SMILES string of the molecule is CC(C)CCC[C@@H](C)[C@H]1CC[C@H]2[C@@H]3CC=C4C[C@@H](OCCCNC(=O)CCC(=O)O)CC[C@]4(C)[C@H]3CC[C@]12C. The van der Waals surface area contributed by atoms with Crippen LogP contribution >= 0.6 is 0 Å². The van der Waals surface area contributed by atoms with E-state index in [0.29, 0.717) is 30.1 Å². The molecule has 2 N–H and O–H groups in total. The molecule has 5 heteroatoms. The Morgan fingerprint density at radius 2 is 1.82 bits per heavy atom. The highest BCUT2D eigenvalue weighted by Crippen LogP contribution is 2.67. The van der Waals surface area contributed by atoms with Gasteiger partial charge in [-0.25, -0.2) is 0 Å². The van der Waals surface area contributed by atoms with Gasteiger partial charge in [0.25, 0.3) is 0 Å². The summed E-state index contributed by atoms with van der Waals surface area (Å²) in [6.07, 6.45) is 18.3. The van der Waals surface area contributed by atoms with Crippen molar-refractivity contribution in [3.8, 4) is 0 Å². The van der Waals surface area contributed by atoms with Crippen LogP contribution in [-0.4, -0.2) is 36.2 Å². The highest BCUT2D eigenvalue weighted by Gasteiger charge is 2.59. The second-order valence-electron chi connectivity index (χ2n) is 14.6. The Labute approximate surface area is 238 Å². The van der Waals surface area contributed by atoms with Gasteiger partial charge in [-0.2, -0.15) is 0 Å². The standard InChI is InChI=1S/C34H57NO4/c1-23(2)8-6-9-24(3)28-12-13-29-27-11-10-25-22-26(39-21-7-20-35-31(36)14-15-32(37)38)16-18-33(25,4)30(27)17-19-34(28,29)5/h10,23-24,26-30H,6-9,11-22H2,1-5H3,(H,35,36)(H,37,38)/t24-,26+,27+,28-,29+,30+,33+,34-/m1/s1. The Morgan fingerprint density at radius 3 is 2.56 bits per heavy atom. The van der Waals surface area contributed by atoms with Crippen LogP contribution < -0.4 is 5.32 Å². The third-order valence-electron chi connectivity index (χ3n) is 11.8. The third kappa shape index (κ3) is 6.93. The van der Waals surface area contributed by atoms with E-state index in [1.165, 1.54) is 57.8 Å². The van der Waals surface area contributed by atoms with Crippen LogP contribution in [0.2, 0.25) is 0 Å². The van der Waals surface area contributed by atoms with E-state index in [9.17, 15) is 9.59 Å². The third-order valence-corrected chi connectivity index (χ3v) is 11.8. The molecule has 1 amide bonds. The van der Waals surface area contributed by atoms with Crippen LogP contribution in [0.25, 0.3) is 0 Å². The molecule has 0 bridgehead atoms. The molecule has 222 valence electrons. The van der Waals surface area contributed by atoms with Gasteiger partial charge < -0.3 is 15.2 Å². The number of fused-ring (bicyclic) bond motifs is 5. The molecule has 0 aromatic carbocycles. The van der Waals surface area contributed by atoms with Crippen molar-refractivity contribution in [2.45, 2.75) is 131 Å². The molecule has 0 aromatic heterocycles. The molecule has 5 nitrogen and oxygen atoms in total. The summed E-state index contributed by atoms with van der Waals surface area (Å²) < 4.78 is 6.28. The van der Waals surface area contributed by atoms with Crippen LogP contribution in [0, 0.1) is 46.3 Å². The van der Waals surface area contributed by atoms with E-state index >= 15 is 0 Å². The van der Waals surface area contributed by atoms with Crippen molar-refractivity contribution in [1.82, 2.24) is 5.32 Å². The number of allylic oxidation sites excluding steroid dienone is 1. The molecule has 4 aliphatic carbocycles. The molecule has 0 radical (unpaired) electrons. The molecule has 4 aliphatic rings. The fourth-order valence-corrected chi connectivity index (χ4v) is 9.65. The minimum absolute atomic E-state index is 0.0473. The number of carboxylic acid groups (broad SMARTS) is 1. The molecule has 8 atom stereocenters. The molecule has 39 heavy (non-hydrogen) atoms. The zero-order valence-corrected chi connectivity index (χ0v) is 25.6. The minimum Gasteiger partial charge on any atom is -0.481 e. The van der Waals surface area contributed by atoms with E-state index < -0.39 is 5.97 Å². The maximum absolute atomic E-state index is 11.7. The summed E-state index contributed by atoms with van der Waals surface area (Å²) in [6.45, 7) is 13.8. The molecule has 0 saturated heterocycles. The number of carbonyl (C=O) groups is 2. The van der Waals surface area contributed by atoms with Crippen molar-refractivity contribution in [3.05, 3.63) is 11.6 Å². The van der Waals surface area contributed by atoms with Crippen molar-refractivity contribution < 1.29 is 19.4 Å². The van der Waals surface area contributed by atoms with Crippen molar-refractivity contribution in [2.75, 3.05) is 13.2 Å². The normalized spacial score (nSPS) is 36.5. The summed E-state index contributed by atoms with van der Waals surface area (Å²) in [7, 11) is 0. The maximum Gasteiger partial charge on any atom is 0.303 e. The number of carbonyl (C=O) groups excluding carboxylic acids is 1. The summed E-state index contributed by atoms with van der Waals surface area (Å²) in [5.74, 6) is 4.10. The van der Waals surface area contributed by atoms with E-state index in [-0.39, 0.29) is 18.7 Å². The van der Waals surface area contributed by atoms with Gasteiger partial charge in [0.1, 0.15) is 0 Å². The first-order valence-corrected chi connectivity index (χ1v) is 16.3. The average Bonchev–Trinajstić information content (AvgIpc) is 3.24. The number of aliphatic carboxylic acids is 1. The fourth-order valence-electron chi connectivity index (χ4n) is 9.65. The van der Waals surface area contributed by atoms with E-state index in [2.05, 4.69) is 46.0 Å². The second-order valence-corrected chi connectivity index (χ2v) is 14.6. The van der Waals surface area contributed by atoms with Crippen LogP contribution in [0.3, 0.4) is 0 Å². The molecule has 4 rings (SSSR count). The number of hydrogen-bond acceptors (Lipinski definition) is 3. The van der Waals surface area contributed by atoms with Gasteiger partial charge in [0, 0.05) is 19.6 Å². The molecule has 0 heterocycles. The van der Waals surface area contributed by atoms with Gasteiger partial charge in [0.05, 0.1) is 12.5 Å². The fraction of sp³-hybridized carbons (Fsp3) is 0.882. The number of hydrogen-bond donors (Lipinski definition) is 2. The highest BCUT2D eigenvalue weighted by molar-refractivity contribution is 5.80. The van der Waals surface area contributed by atoms with Crippen molar-refractivity contribution >= 4 is 11.9 Å². The van der Waals surface area contributed by atoms with E-state index in [1.807, 2.05) is 0 Å². The maximum atomic E-state index is 11.7. The summed E-state index contributed by atoms with van der Waals surface area (Å²) in [6, 6.07) is 0. The first-order chi connectivity index (χ1) is 18.5. The van der Waals surface area contributed by atoms with E-state index in [0.717, 1.165) is 54.8 Å². The number of amides is 1. The Morgan fingerprint density at radius 1 is 1.03 bits per heavy atom. The molecule has 0 aliphatic heterocycles. The largest absolute Gasteiger partial charge is 0.481 e. The number of carboxylic acids is 1. The molecular formula is C34H57NO4. The van der Waals surface area contributed by atoms with E-state index in [1.54, 1.807) is 5.57 Å². The zero-order valence-electron chi connectivity index (χ0n) is 25.6. The quantitative estimate of drug-likeness (QED) is 0.184. The summed E-state index contributed by atoms with van der Waals surface area (Å²) in [5.41, 5.74) is 2.56. The molecule has 3 fully saturated rings. The van der Waals surface area contributed by atoms with Crippen LogP contribution in [0.4, 0.5) is 0 Å². The van der Waals surface area contributed by atoms with Crippen molar-refractivity contribution in [3.63, 3.8) is 0 Å². The number of nitrogens with one attached hydrogen (secondary N) is 1. The second kappa shape index (κ2) is 13.1. The Hall–Kier alpha value is -1.36. The summed E-state index contributed by atoms with van der Waals surface area (Å²) in [4.78, 5) is 22.3. The molecule has 0 spiro atoms. The van der Waals surface area contributed by atoms with Crippen LogP contribution in [0.15, 0.2) is 11.6 Å². The van der Waals surface area contributed by atoms with Gasteiger partial charge in [-0.15, -0.1) is 0 Å². The number of rotatable bonds is 13. The first-order valence-electron chi connectivity index (χ1n) is 16.3. The lowest BCUT2D eigenvalue weighted by Crippen LogP contribution is -2.51. The molecule has 0 aromatic rings. The molecule has 3 saturated carbocycles. The number of ether oxygens (including phenoxy) is 1. The van der Waals surface area contributed by atoms with Crippen molar-refractivity contribution in [2.24, 2.45) is 46.3 Å². The minimum atomic E-state index is -0.932. The Balaban J connectivity index is 1.27. The van der Waals surface area contributed by atoms with Gasteiger partial charge in [-0.1, -0.05) is 65.5 Å². The van der Waals surface area contributed by atoms with E-state index in [4.69, 9.17) is 9.84 Å². The van der Waals surface area contributed by atoms with Gasteiger partial charge >= 0.3 is 5.97 Å². The Kier molecular flexibility index (Phi) is 10.3. The van der Waals surface area contributed by atoms with Crippen LogP contribution in [0.1, 0.15) is 125 Å². The summed E-state index contributed by atoms with van der Waals surface area (Å²) >= 11 is 0. The van der Waals surface area contributed by atoms with Gasteiger partial charge in [0.2, 0.25) is 5.91 Å². The van der Waals surface area contributed by atoms with Gasteiger partial charge in [-0.3, -0.25) is 9.59 Å². The first kappa shape index (κ1) is 30.6. The predicted octanol–water partition coefficient (Wildman–Crippen LogP) is 7.78. The van der Waals surface area contributed by atoms with Crippen LogP contribution in [-0.2, 0) is 14.3 Å².